The first-order valence-electron chi connectivity index (χ1n) is 14.8. The van der Waals surface area contributed by atoms with Gasteiger partial charge >= 0.3 is 6.18 Å². The Labute approximate surface area is 273 Å². The van der Waals surface area contributed by atoms with E-state index in [1.807, 2.05) is 19.1 Å². The van der Waals surface area contributed by atoms with Crippen LogP contribution in [-0.4, -0.2) is 24.1 Å². The molecule has 0 saturated heterocycles. The van der Waals surface area contributed by atoms with Crippen LogP contribution in [0.3, 0.4) is 0 Å². The molecule has 0 radical (unpaired) electrons. The van der Waals surface area contributed by atoms with Crippen LogP contribution < -0.4 is 5.73 Å². The Bertz CT molecular complexity index is 1440. The highest BCUT2D eigenvalue weighted by molar-refractivity contribution is 5.10. The summed E-state index contributed by atoms with van der Waals surface area (Å²) in [7, 11) is 0. The summed E-state index contributed by atoms with van der Waals surface area (Å²) in [4.78, 5) is 2.62. The van der Waals surface area contributed by atoms with Gasteiger partial charge in [-0.05, 0) is 101 Å². The van der Waals surface area contributed by atoms with Crippen LogP contribution in [0.1, 0.15) is 97.0 Å². The van der Waals surface area contributed by atoms with E-state index >= 15 is 0 Å². The molecule has 3 atom stereocenters. The summed E-state index contributed by atoms with van der Waals surface area (Å²) >= 11 is 0. The molecule has 0 aliphatic rings. The van der Waals surface area contributed by atoms with Gasteiger partial charge in [-0.3, -0.25) is 0 Å². The second-order valence-corrected chi connectivity index (χ2v) is 10.5. The van der Waals surface area contributed by atoms with Gasteiger partial charge in [-0.25, -0.2) is 17.6 Å². The molecule has 0 aliphatic heterocycles. The van der Waals surface area contributed by atoms with E-state index in [-0.39, 0.29) is 32.1 Å². The highest BCUT2D eigenvalue weighted by Crippen LogP contribution is 2.28. The minimum atomic E-state index is -4.15. The summed E-state index contributed by atoms with van der Waals surface area (Å²) in [5.74, 6) is 4.17. The van der Waals surface area contributed by atoms with Crippen molar-refractivity contribution in [3.8, 4) is 0 Å². The topological polar surface area (TPSA) is 148 Å². The first-order valence-corrected chi connectivity index (χ1v) is 14.8. The van der Waals surface area contributed by atoms with Gasteiger partial charge in [-0.2, -0.15) is 13.2 Å². The Balaban J connectivity index is 0.000000331. The Kier molecular flexibility index (Phi) is 18.9. The highest BCUT2D eigenvalue weighted by atomic mass is 19.4. The summed E-state index contributed by atoms with van der Waals surface area (Å²) in [6.45, 7) is 7.12. The predicted molar refractivity (Wildman–Crippen MR) is 163 cm³/mol. The second-order valence-electron chi connectivity index (χ2n) is 10.5. The molecule has 0 saturated carbocycles. The zero-order valence-electron chi connectivity index (χ0n) is 27.0. The molecule has 3 unspecified atom stereocenters. The van der Waals surface area contributed by atoms with Gasteiger partial charge < -0.3 is 28.5 Å². The van der Waals surface area contributed by atoms with Crippen LogP contribution in [0.25, 0.3) is 10.4 Å². The van der Waals surface area contributed by atoms with E-state index in [4.69, 9.17) is 28.9 Å². The largest absolute Gasteiger partial charge is 0.470 e. The smallest absolute Gasteiger partial charge is 0.389 e. The third-order valence-corrected chi connectivity index (χ3v) is 6.22. The summed E-state index contributed by atoms with van der Waals surface area (Å²) in [5, 5.41) is 12.8. The minimum Gasteiger partial charge on any atom is -0.470 e. The van der Waals surface area contributed by atoms with Crippen molar-refractivity contribution >= 4 is 0 Å². The minimum absolute atomic E-state index is 0.0324. The lowest BCUT2D eigenvalue weighted by Crippen LogP contribution is -2.15. The molecule has 4 rings (SSSR count). The lowest BCUT2D eigenvalue weighted by molar-refractivity contribution is -0.136. The van der Waals surface area contributed by atoms with Crippen LogP contribution in [0, 0.1) is 27.7 Å². The molecule has 268 valence electrons. The summed E-state index contributed by atoms with van der Waals surface area (Å²) in [6.07, 6.45) is -9.67. The average Bonchev–Trinajstić information content (AvgIpc) is 3.83. The normalized spacial score (nSPS) is 12.9. The number of rotatable bonds is 12. The van der Waals surface area contributed by atoms with Crippen LogP contribution in [-0.2, 0) is 0 Å². The zero-order valence-corrected chi connectivity index (χ0v) is 27.0. The lowest BCUT2D eigenvalue weighted by atomic mass is 10.1. The van der Waals surface area contributed by atoms with E-state index in [0.717, 1.165) is 5.76 Å². The van der Waals surface area contributed by atoms with Gasteiger partial charge in [0.1, 0.15) is 46.4 Å². The number of furan rings is 4. The fourth-order valence-electron chi connectivity index (χ4n) is 3.77. The van der Waals surface area contributed by atoms with Gasteiger partial charge in [0.25, 0.3) is 0 Å². The highest BCUT2D eigenvalue weighted by Gasteiger charge is 2.28. The molecule has 4 heterocycles. The van der Waals surface area contributed by atoms with E-state index in [1.165, 1.54) is 0 Å². The van der Waals surface area contributed by atoms with Crippen LogP contribution in [0.15, 0.2) is 77.6 Å². The van der Waals surface area contributed by atoms with Crippen molar-refractivity contribution in [1.29, 1.82) is 0 Å². The van der Waals surface area contributed by atoms with Crippen molar-refractivity contribution in [2.75, 3.05) is 0 Å². The molecule has 0 spiro atoms. The summed E-state index contributed by atoms with van der Waals surface area (Å²) < 4.78 is 103. The molecular formula is C32H41F7N4O5. The maximum absolute atomic E-state index is 12.0. The molecule has 0 aliphatic carbocycles. The van der Waals surface area contributed by atoms with Gasteiger partial charge in [-0.15, -0.1) is 0 Å². The van der Waals surface area contributed by atoms with Crippen molar-refractivity contribution in [3.05, 3.63) is 106 Å². The van der Waals surface area contributed by atoms with Crippen LogP contribution in [0.2, 0.25) is 0 Å². The van der Waals surface area contributed by atoms with Gasteiger partial charge in [0.15, 0.2) is 0 Å². The molecule has 0 amide bonds. The van der Waals surface area contributed by atoms with Crippen molar-refractivity contribution in [3.63, 3.8) is 0 Å². The molecule has 4 aromatic heterocycles. The average molecular weight is 695 g/mol. The predicted octanol–water partition coefficient (Wildman–Crippen LogP) is 11.2. The van der Waals surface area contributed by atoms with Crippen molar-refractivity contribution in [2.24, 2.45) is 10.8 Å². The molecule has 3 N–H and O–H groups in total. The summed E-state index contributed by atoms with van der Waals surface area (Å²) in [6, 6.07) is 12.4. The number of nitrogens with two attached hydrogens (primary N) is 1. The number of aliphatic hydroxyl groups excluding tert-OH is 1. The molecule has 0 bridgehead atoms. The molecule has 0 fully saturated rings. The van der Waals surface area contributed by atoms with Gasteiger partial charge in [-0.1, -0.05) is 5.11 Å². The van der Waals surface area contributed by atoms with Gasteiger partial charge in [0, 0.05) is 24.2 Å². The number of halogens is 7. The van der Waals surface area contributed by atoms with Crippen molar-refractivity contribution in [2.45, 2.75) is 103 Å². The van der Waals surface area contributed by atoms with E-state index in [1.54, 1.807) is 63.4 Å². The number of hydrogen-bond donors (Lipinski definition) is 2. The fraction of sp³-hybridized carbons (Fsp3) is 0.500. The lowest BCUT2D eigenvalue weighted by Gasteiger charge is -2.10. The number of alkyl halides is 7. The Morgan fingerprint density at radius 3 is 1.60 bits per heavy atom. The molecule has 16 heteroatoms. The van der Waals surface area contributed by atoms with E-state index in [9.17, 15) is 35.8 Å². The van der Waals surface area contributed by atoms with Crippen molar-refractivity contribution in [1.82, 2.24) is 0 Å². The van der Waals surface area contributed by atoms with Crippen LogP contribution >= 0.6 is 0 Å². The molecule has 9 nitrogen and oxygen atoms in total. The summed E-state index contributed by atoms with van der Waals surface area (Å²) in [5.41, 5.74) is 13.8. The molecule has 4 aromatic rings. The first kappa shape index (κ1) is 41.9. The van der Waals surface area contributed by atoms with Crippen molar-refractivity contribution < 1.29 is 53.5 Å². The zero-order chi connectivity index (χ0) is 36.3. The third-order valence-electron chi connectivity index (χ3n) is 6.22. The number of azide groups is 1. The SMILES string of the molecule is Cc1ccc(C(CCC(F)F)N=[N+]=[N-])o1.Cc1ccc(C(N)CCC(F)(F)F)o1.Cc1ccc(C(O)CCC(F)F)o1.Cc1ccco1. The van der Waals surface area contributed by atoms with Gasteiger partial charge in [0.2, 0.25) is 12.9 Å². The molecule has 48 heavy (non-hydrogen) atoms. The van der Waals surface area contributed by atoms with Crippen LogP contribution in [0.4, 0.5) is 30.7 Å². The maximum Gasteiger partial charge on any atom is 0.389 e. The molecule has 0 aromatic carbocycles. The fourth-order valence-corrected chi connectivity index (χ4v) is 3.77. The first-order chi connectivity index (χ1) is 22.5. The Hall–Kier alpha value is -4.14. The number of aliphatic hydroxyl groups is 1. The standard InChI is InChI=1S/C9H12F3NO.C9H11F2N3O.C9H12F2O2.C5H6O/c1-6-2-3-8(14-6)7(13)4-5-9(10,11)12;1-6-2-4-8(15-6)7(13-14-12)3-5-9(10)11;1-6-2-4-8(13-6)7(12)3-5-9(10)11;1-5-3-2-4-6-5/h2-3,7H,4-5,13H2,1H3;2,4,7,9H,3,5H2,1H3;2,4,7,9,12H,3,5H2,1H3;2-4H,1H3. The van der Waals surface area contributed by atoms with E-state index in [2.05, 4.69) is 10.0 Å². The Morgan fingerprint density at radius 2 is 1.23 bits per heavy atom. The molecular weight excluding hydrogens is 653 g/mol. The number of aryl methyl sites for hydroxylation is 4. The second kappa shape index (κ2) is 21.7. The Morgan fingerprint density at radius 1 is 0.729 bits per heavy atom. The quantitative estimate of drug-likeness (QED) is 0.0652. The number of hydrogen-bond acceptors (Lipinski definition) is 7. The van der Waals surface area contributed by atoms with E-state index < -0.39 is 43.6 Å². The monoisotopic (exact) mass is 694 g/mol. The van der Waals surface area contributed by atoms with E-state index in [0.29, 0.717) is 34.6 Å². The van der Waals surface area contributed by atoms with Gasteiger partial charge in [0.05, 0.1) is 18.3 Å². The maximum atomic E-state index is 12.0. The number of nitrogens with zero attached hydrogens (tertiary/aromatic N) is 3. The third kappa shape index (κ3) is 18.9. The van der Waals surface area contributed by atoms with Crippen LogP contribution in [0.5, 0.6) is 0 Å².